The lowest BCUT2D eigenvalue weighted by Gasteiger charge is -2.33. The highest BCUT2D eigenvalue weighted by atomic mass is 16.1. The molecule has 1 nitrogen and oxygen atoms in total. The van der Waals surface area contributed by atoms with E-state index in [0.29, 0.717) is 17.6 Å². The maximum atomic E-state index is 11.4. The van der Waals surface area contributed by atoms with Crippen molar-refractivity contribution in [1.29, 1.82) is 0 Å². The number of benzene rings is 1. The second-order valence-electron chi connectivity index (χ2n) is 4.74. The van der Waals surface area contributed by atoms with Crippen LogP contribution in [0.3, 0.4) is 0 Å². The summed E-state index contributed by atoms with van der Waals surface area (Å²) in [5.74, 6) is 1.75. The zero-order chi connectivity index (χ0) is 9.76. The van der Waals surface area contributed by atoms with Crippen LogP contribution in [0.25, 0.3) is 0 Å². The minimum absolute atomic E-state index is 0.126. The van der Waals surface area contributed by atoms with Crippen LogP contribution in [0.2, 0.25) is 0 Å². The third-order valence-electron chi connectivity index (χ3n) is 4.13. The Balaban J connectivity index is 1.80. The molecule has 0 aromatic heterocycles. The Kier molecular flexibility index (Phi) is 1.45. The van der Waals surface area contributed by atoms with E-state index in [1.54, 1.807) is 6.92 Å². The summed E-state index contributed by atoms with van der Waals surface area (Å²) in [6, 6.07) is 10.6. The second-order valence-corrected chi connectivity index (χ2v) is 4.74. The van der Waals surface area contributed by atoms with E-state index < -0.39 is 0 Å². The SMILES string of the molecule is CC(=O)[C@@]12CC(c3ccccc3)C1C2. The molecule has 0 saturated heterocycles. The summed E-state index contributed by atoms with van der Waals surface area (Å²) < 4.78 is 0. The van der Waals surface area contributed by atoms with Gasteiger partial charge in [0.15, 0.2) is 0 Å². The Hall–Kier alpha value is -1.11. The van der Waals surface area contributed by atoms with Gasteiger partial charge in [-0.25, -0.2) is 0 Å². The van der Waals surface area contributed by atoms with Crippen LogP contribution in [-0.2, 0) is 4.79 Å². The normalized spacial score (nSPS) is 38.4. The van der Waals surface area contributed by atoms with Gasteiger partial charge in [0.1, 0.15) is 5.78 Å². The van der Waals surface area contributed by atoms with Crippen molar-refractivity contribution in [1.82, 2.24) is 0 Å². The van der Waals surface area contributed by atoms with Gasteiger partial charge < -0.3 is 0 Å². The van der Waals surface area contributed by atoms with E-state index in [4.69, 9.17) is 0 Å². The van der Waals surface area contributed by atoms with Gasteiger partial charge >= 0.3 is 0 Å². The number of rotatable bonds is 2. The molecule has 14 heavy (non-hydrogen) atoms. The summed E-state index contributed by atoms with van der Waals surface area (Å²) in [7, 11) is 0. The van der Waals surface area contributed by atoms with Crippen molar-refractivity contribution in [2.75, 3.05) is 0 Å². The number of Topliss-reactive ketones (excluding diaryl/α,β-unsaturated/α-hetero) is 1. The molecular weight excluding hydrogens is 172 g/mol. The van der Waals surface area contributed by atoms with Gasteiger partial charge in [-0.3, -0.25) is 4.79 Å². The van der Waals surface area contributed by atoms with E-state index in [2.05, 4.69) is 24.3 Å². The maximum Gasteiger partial charge on any atom is 0.136 e. The zero-order valence-corrected chi connectivity index (χ0v) is 8.36. The van der Waals surface area contributed by atoms with Crippen molar-refractivity contribution in [2.45, 2.75) is 25.7 Å². The third-order valence-corrected chi connectivity index (χ3v) is 4.13. The predicted octanol–water partition coefficient (Wildman–Crippen LogP) is 2.77. The summed E-state index contributed by atoms with van der Waals surface area (Å²) in [6.07, 6.45) is 2.24. The van der Waals surface area contributed by atoms with E-state index >= 15 is 0 Å². The molecule has 2 fully saturated rings. The second kappa shape index (κ2) is 2.47. The first-order valence-electron chi connectivity index (χ1n) is 5.30. The minimum Gasteiger partial charge on any atom is -0.299 e. The fourth-order valence-corrected chi connectivity index (χ4v) is 3.07. The Morgan fingerprint density at radius 3 is 2.50 bits per heavy atom. The summed E-state index contributed by atoms with van der Waals surface area (Å²) in [6.45, 7) is 1.75. The summed E-state index contributed by atoms with van der Waals surface area (Å²) in [5, 5.41) is 0. The van der Waals surface area contributed by atoms with E-state index in [1.807, 2.05) is 6.07 Å². The van der Waals surface area contributed by atoms with Crippen molar-refractivity contribution in [3.05, 3.63) is 35.9 Å². The molecule has 0 N–H and O–H groups in total. The van der Waals surface area contributed by atoms with Gasteiger partial charge in [0.05, 0.1) is 0 Å². The van der Waals surface area contributed by atoms with Crippen LogP contribution in [-0.4, -0.2) is 5.78 Å². The van der Waals surface area contributed by atoms with Gasteiger partial charge in [-0.05, 0) is 37.2 Å². The fourth-order valence-electron chi connectivity index (χ4n) is 3.07. The Morgan fingerprint density at radius 1 is 1.29 bits per heavy atom. The fraction of sp³-hybridized carbons (Fsp3) is 0.462. The van der Waals surface area contributed by atoms with Gasteiger partial charge in [0.25, 0.3) is 0 Å². The molecule has 0 spiro atoms. The first-order chi connectivity index (χ1) is 6.74. The van der Waals surface area contributed by atoms with Gasteiger partial charge in [0.2, 0.25) is 0 Å². The minimum atomic E-state index is 0.126. The van der Waals surface area contributed by atoms with Crippen LogP contribution < -0.4 is 0 Å². The zero-order valence-electron chi connectivity index (χ0n) is 8.36. The van der Waals surface area contributed by atoms with E-state index in [0.717, 1.165) is 12.8 Å². The highest BCUT2D eigenvalue weighted by Crippen LogP contribution is 2.74. The maximum absolute atomic E-state index is 11.4. The number of hydrogen-bond acceptors (Lipinski definition) is 1. The Labute approximate surface area is 84.1 Å². The molecule has 1 heteroatoms. The number of carbonyl (C=O) groups excluding carboxylic acids is 1. The molecule has 3 rings (SSSR count). The predicted molar refractivity (Wildman–Crippen MR) is 55.0 cm³/mol. The average molecular weight is 186 g/mol. The lowest BCUT2D eigenvalue weighted by atomic mass is 9.70. The molecule has 1 aromatic rings. The molecule has 0 amide bonds. The first-order valence-corrected chi connectivity index (χ1v) is 5.30. The largest absolute Gasteiger partial charge is 0.299 e. The molecule has 0 bridgehead atoms. The Morgan fingerprint density at radius 2 is 2.00 bits per heavy atom. The van der Waals surface area contributed by atoms with Crippen LogP contribution in [0.15, 0.2) is 30.3 Å². The lowest BCUT2D eigenvalue weighted by Crippen LogP contribution is -2.30. The van der Waals surface area contributed by atoms with E-state index in [-0.39, 0.29) is 5.41 Å². The van der Waals surface area contributed by atoms with Gasteiger partial charge in [0, 0.05) is 5.41 Å². The molecule has 2 unspecified atom stereocenters. The average Bonchev–Trinajstić information content (AvgIpc) is 2.75. The number of carbonyl (C=O) groups is 1. The summed E-state index contributed by atoms with van der Waals surface area (Å²) >= 11 is 0. The monoisotopic (exact) mass is 186 g/mol. The number of ketones is 1. The highest BCUT2D eigenvalue weighted by Gasteiger charge is 2.69. The standard InChI is InChI=1S/C13H14O/c1-9(14)13-7-11(12(13)8-13)10-5-3-2-4-6-10/h2-6,11-12H,7-8H2,1H3/t11?,12?,13-/m0/s1. The van der Waals surface area contributed by atoms with Crippen LogP contribution in [0.5, 0.6) is 0 Å². The topological polar surface area (TPSA) is 17.1 Å². The number of fused-ring (bicyclic) bond motifs is 1. The molecule has 3 atom stereocenters. The van der Waals surface area contributed by atoms with Crippen molar-refractivity contribution in [3.63, 3.8) is 0 Å². The molecule has 2 saturated carbocycles. The van der Waals surface area contributed by atoms with Gasteiger partial charge in [-0.2, -0.15) is 0 Å². The first kappa shape index (κ1) is 8.22. The van der Waals surface area contributed by atoms with Crippen LogP contribution in [0.4, 0.5) is 0 Å². The molecule has 1 aromatic carbocycles. The lowest BCUT2D eigenvalue weighted by molar-refractivity contribution is -0.125. The van der Waals surface area contributed by atoms with Crippen molar-refractivity contribution in [2.24, 2.45) is 11.3 Å². The van der Waals surface area contributed by atoms with Crippen LogP contribution in [0.1, 0.15) is 31.2 Å². The molecule has 0 heterocycles. The smallest absolute Gasteiger partial charge is 0.136 e. The Bertz CT molecular complexity index is 381. The van der Waals surface area contributed by atoms with E-state index in [1.165, 1.54) is 5.56 Å². The molecule has 0 aliphatic heterocycles. The van der Waals surface area contributed by atoms with Crippen LogP contribution in [0, 0.1) is 11.3 Å². The molecule has 2 aliphatic rings. The van der Waals surface area contributed by atoms with Crippen molar-refractivity contribution < 1.29 is 4.79 Å². The number of hydrogen-bond donors (Lipinski definition) is 0. The van der Waals surface area contributed by atoms with Crippen LogP contribution >= 0.6 is 0 Å². The molecule has 72 valence electrons. The molecule has 2 aliphatic carbocycles. The molecular formula is C13H14O. The third kappa shape index (κ3) is 0.875. The summed E-state index contributed by atoms with van der Waals surface area (Å²) in [5.41, 5.74) is 1.55. The van der Waals surface area contributed by atoms with Crippen molar-refractivity contribution in [3.8, 4) is 0 Å². The quantitative estimate of drug-likeness (QED) is 0.694. The van der Waals surface area contributed by atoms with Crippen molar-refractivity contribution >= 4 is 5.78 Å². The van der Waals surface area contributed by atoms with E-state index in [9.17, 15) is 4.79 Å². The summed E-state index contributed by atoms with van der Waals surface area (Å²) in [4.78, 5) is 11.4. The van der Waals surface area contributed by atoms with Gasteiger partial charge in [-0.15, -0.1) is 0 Å². The highest BCUT2D eigenvalue weighted by molar-refractivity contribution is 5.87. The van der Waals surface area contributed by atoms with Gasteiger partial charge in [-0.1, -0.05) is 30.3 Å². The molecule has 0 radical (unpaired) electrons.